The van der Waals surface area contributed by atoms with Crippen LogP contribution >= 0.6 is 41.7 Å². The van der Waals surface area contributed by atoms with Crippen LogP contribution in [0.3, 0.4) is 0 Å². The molecule has 2 rings (SSSR count). The quantitative estimate of drug-likeness (QED) is 0.109. The molecular weight excluding hydrogens is 651 g/mol. The van der Waals surface area contributed by atoms with Crippen LogP contribution < -0.4 is 9.64 Å². The molecule has 0 unspecified atom stereocenters. The lowest BCUT2D eigenvalue weighted by Crippen LogP contribution is -2.54. The molecule has 0 aliphatic heterocycles. The number of aliphatic hydroxyl groups is 2. The molecule has 1 amide bonds. The van der Waals surface area contributed by atoms with Gasteiger partial charge in [-0.25, -0.2) is 18.5 Å². The number of anilines is 1. The van der Waals surface area contributed by atoms with Crippen LogP contribution in [0.5, 0.6) is 5.75 Å². The smallest absolute Gasteiger partial charge is 0.408 e. The third-order valence-electron chi connectivity index (χ3n) is 3.90. The summed E-state index contributed by atoms with van der Waals surface area (Å²) in [5, 5.41) is 20.3. The number of rotatable bonds is 3. The van der Waals surface area contributed by atoms with Crippen LogP contribution in [0.25, 0.3) is 0 Å². The fraction of sp³-hybridized carbons (Fsp3) is 0.167. The number of ether oxygens (including phenoxy) is 1. The second-order valence-corrected chi connectivity index (χ2v) is 8.34. The predicted molar refractivity (Wildman–Crippen MR) is 118 cm³/mol. The normalized spacial score (nSPS) is 12.1. The maximum absolute atomic E-state index is 14.4. The molecule has 0 aliphatic carbocycles. The van der Waals surface area contributed by atoms with Crippen LogP contribution in [0.4, 0.5) is 45.6 Å². The van der Waals surface area contributed by atoms with Gasteiger partial charge in [0.1, 0.15) is 16.4 Å². The first kappa shape index (κ1) is 29.3. The van der Waals surface area contributed by atoms with Crippen LogP contribution in [0.15, 0.2) is 24.3 Å². The Morgan fingerprint density at radius 2 is 1.71 bits per heavy atom. The van der Waals surface area contributed by atoms with Gasteiger partial charge in [0, 0.05) is 21.2 Å². The monoisotopic (exact) mass is 657 g/mol. The first-order chi connectivity index (χ1) is 15.9. The molecule has 186 valence electrons. The summed E-state index contributed by atoms with van der Waals surface area (Å²) in [5.74, 6) is -6.67. The molecule has 0 saturated carbocycles. The van der Waals surface area contributed by atoms with Gasteiger partial charge in [-0.2, -0.15) is 26.3 Å². The van der Waals surface area contributed by atoms with E-state index in [1.165, 1.54) is 0 Å². The summed E-state index contributed by atoms with van der Waals surface area (Å²) in [6.45, 7) is 0. The van der Waals surface area contributed by atoms with Crippen molar-refractivity contribution in [2.75, 3.05) is 4.90 Å². The molecule has 0 aliphatic rings. The summed E-state index contributed by atoms with van der Waals surface area (Å²) < 4.78 is 113. The molecule has 0 spiro atoms. The fourth-order valence-corrected chi connectivity index (χ4v) is 3.15. The Hall–Kier alpha value is -1.94. The van der Waals surface area contributed by atoms with E-state index in [4.69, 9.17) is 19.4 Å². The van der Waals surface area contributed by atoms with Crippen LogP contribution in [-0.2, 0) is 12.4 Å². The van der Waals surface area contributed by atoms with Gasteiger partial charge in [0.05, 0.1) is 16.8 Å². The van der Waals surface area contributed by atoms with Gasteiger partial charge in [-0.1, -0.05) is 17.5 Å². The number of hydrogen-bond acceptors (Lipinski definition) is 5. The van der Waals surface area contributed by atoms with E-state index in [9.17, 15) is 50.1 Å². The third kappa shape index (κ3) is 6.85. The number of carbonyl (C=O) groups excluding carboxylic acids is 1. The van der Waals surface area contributed by atoms with Crippen molar-refractivity contribution in [2.45, 2.75) is 18.2 Å². The zero-order chi connectivity index (χ0) is 26.9. The van der Waals surface area contributed by atoms with Gasteiger partial charge in [0.2, 0.25) is 0 Å². The van der Waals surface area contributed by atoms with Crippen molar-refractivity contribution in [3.05, 3.63) is 57.6 Å². The highest BCUT2D eigenvalue weighted by Crippen LogP contribution is 2.43. The second kappa shape index (κ2) is 10.6. The van der Waals surface area contributed by atoms with E-state index in [1.807, 2.05) is 5.92 Å². The topological polar surface area (TPSA) is 70.0 Å². The first-order valence-electron chi connectivity index (χ1n) is 8.39. The van der Waals surface area contributed by atoms with E-state index in [0.29, 0.717) is 21.1 Å². The minimum Gasteiger partial charge on any atom is -0.408 e. The summed E-state index contributed by atoms with van der Waals surface area (Å²) in [4.78, 5) is 12.1. The van der Waals surface area contributed by atoms with Crippen LogP contribution in [-0.4, -0.2) is 30.0 Å². The summed E-state index contributed by atoms with van der Waals surface area (Å²) in [6, 6.07) is 0.626. The summed E-state index contributed by atoms with van der Waals surface area (Å²) in [7, 11) is 5.63. The molecule has 2 aromatic rings. The van der Waals surface area contributed by atoms with Crippen molar-refractivity contribution in [3.8, 4) is 16.9 Å². The third-order valence-corrected chi connectivity index (χ3v) is 5.09. The van der Waals surface area contributed by atoms with Gasteiger partial charge in [-0.05, 0) is 38.5 Å². The van der Waals surface area contributed by atoms with Crippen LogP contribution in [0, 0.1) is 22.8 Å². The molecule has 2 aromatic carbocycles. The predicted octanol–water partition coefficient (Wildman–Crippen LogP) is 5.82. The average Bonchev–Trinajstić information content (AvgIpc) is 2.70. The number of amides is 1. The van der Waals surface area contributed by atoms with Crippen LogP contribution in [0.2, 0.25) is 5.02 Å². The van der Waals surface area contributed by atoms with Crippen molar-refractivity contribution >= 4 is 61.4 Å². The molecule has 17 heteroatoms. The van der Waals surface area contributed by atoms with Crippen molar-refractivity contribution in [3.63, 3.8) is 0 Å². The number of hydrogen-bond donors (Lipinski definition) is 2. The minimum absolute atomic E-state index is 0.144. The highest BCUT2D eigenvalue weighted by molar-refractivity contribution is 14.2. The number of alkyl halides is 6. The molecule has 2 radical (unpaired) electrons. The summed E-state index contributed by atoms with van der Waals surface area (Å²) >= 11 is 6.91. The van der Waals surface area contributed by atoms with Crippen molar-refractivity contribution in [1.29, 1.82) is 0 Å². The molecule has 5 nitrogen and oxygen atoms in total. The standard InChI is InChI=1S/C18H6BClF8INO4S/c19-18(32,33)30(11-2-1-10(21)12(20)13(11)22)15(31)34-14-7(3-4-35-29)5-8(16(23,24)25)6-9(14)17(26,27)28/h1-2,5-6,32-33H. The zero-order valence-electron chi connectivity index (χ0n) is 16.2. The van der Waals surface area contributed by atoms with E-state index in [0.717, 1.165) is 0 Å². The lowest BCUT2D eigenvalue weighted by atomic mass is 10.0. The Morgan fingerprint density at radius 1 is 1.11 bits per heavy atom. The van der Waals surface area contributed by atoms with E-state index in [2.05, 4.69) is 9.99 Å². The molecule has 35 heavy (non-hydrogen) atoms. The zero-order valence-corrected chi connectivity index (χ0v) is 20.0. The Morgan fingerprint density at radius 3 is 2.20 bits per heavy atom. The molecule has 0 saturated heterocycles. The van der Waals surface area contributed by atoms with Gasteiger partial charge in [0.15, 0.2) is 25.2 Å². The molecule has 0 heterocycles. The van der Waals surface area contributed by atoms with Crippen LogP contribution in [0.1, 0.15) is 16.7 Å². The average molecular weight is 657 g/mol. The maximum atomic E-state index is 14.4. The Kier molecular flexibility index (Phi) is 8.86. The molecular formula is C18H6BClF8INO4S. The molecule has 0 atom stereocenters. The highest BCUT2D eigenvalue weighted by Gasteiger charge is 2.43. The molecule has 0 bridgehead atoms. The number of carbonyl (C=O) groups is 1. The molecule has 0 fully saturated rings. The van der Waals surface area contributed by atoms with E-state index in [1.54, 1.807) is 21.2 Å². The van der Waals surface area contributed by atoms with Crippen molar-refractivity contribution in [1.82, 2.24) is 0 Å². The van der Waals surface area contributed by atoms with Crippen molar-refractivity contribution in [2.24, 2.45) is 0 Å². The fourth-order valence-electron chi connectivity index (χ4n) is 2.51. The van der Waals surface area contributed by atoms with Crippen molar-refractivity contribution < 1.29 is 54.9 Å². The summed E-state index contributed by atoms with van der Waals surface area (Å²) in [6.07, 6.45) is -13.0. The minimum atomic E-state index is -5.54. The number of benzene rings is 2. The highest BCUT2D eigenvalue weighted by atomic mass is 127. The lowest BCUT2D eigenvalue weighted by Gasteiger charge is -2.33. The van der Waals surface area contributed by atoms with E-state index in [-0.39, 0.29) is 12.1 Å². The second-order valence-electron chi connectivity index (χ2n) is 6.29. The van der Waals surface area contributed by atoms with E-state index < -0.39 is 73.9 Å². The van der Waals surface area contributed by atoms with Gasteiger partial charge < -0.3 is 14.9 Å². The van der Waals surface area contributed by atoms with Gasteiger partial charge in [0.25, 0.3) is 0 Å². The Bertz CT molecular complexity index is 1210. The molecule has 2 N–H and O–H groups in total. The van der Waals surface area contributed by atoms with Gasteiger partial charge in [-0.15, -0.1) is 0 Å². The number of nitrogens with zero attached hydrogens (tertiary/aromatic N) is 1. The Labute approximate surface area is 213 Å². The van der Waals surface area contributed by atoms with Gasteiger partial charge in [-0.3, -0.25) is 0 Å². The molecule has 0 aromatic heterocycles. The summed E-state index contributed by atoms with van der Waals surface area (Å²) in [5.41, 5.74) is -6.26. The number of halogens is 10. The lowest BCUT2D eigenvalue weighted by molar-refractivity contribution is -0.143. The van der Waals surface area contributed by atoms with E-state index >= 15 is 0 Å². The Balaban J connectivity index is 2.77. The SMILES string of the molecule is [B]C(O)(O)N(C(=O)Oc1c(C#CSI)cc(C(F)(F)F)cc1C(F)(F)F)c1ccc(F)c(Cl)c1F. The first-order valence-corrected chi connectivity index (χ1v) is 12.1. The van der Waals surface area contributed by atoms with Gasteiger partial charge >= 0.3 is 18.4 Å². The maximum Gasteiger partial charge on any atom is 0.423 e. The largest absolute Gasteiger partial charge is 0.423 e.